The summed E-state index contributed by atoms with van der Waals surface area (Å²) in [5, 5.41) is 3.49. The SMILES string of the molecule is CCCOC1CCCN(C(=O)Nc2cc(Cl)c(N)c(Cl)c2)CC1. The predicted octanol–water partition coefficient (Wildman–Crippen LogP) is 4.39. The second-order valence-corrected chi connectivity index (χ2v) is 6.51. The molecular weight excluding hydrogens is 337 g/mol. The molecule has 1 aromatic rings. The van der Waals surface area contributed by atoms with E-state index in [1.54, 1.807) is 17.0 Å². The van der Waals surface area contributed by atoms with E-state index in [0.29, 0.717) is 34.5 Å². The van der Waals surface area contributed by atoms with Crippen LogP contribution in [0.25, 0.3) is 0 Å². The third-order valence-corrected chi connectivity index (χ3v) is 4.48. The highest BCUT2D eigenvalue weighted by Gasteiger charge is 2.21. The lowest BCUT2D eigenvalue weighted by Gasteiger charge is -2.21. The molecule has 2 amide bonds. The van der Waals surface area contributed by atoms with Gasteiger partial charge in [0.15, 0.2) is 0 Å². The number of amides is 2. The van der Waals surface area contributed by atoms with E-state index in [0.717, 1.165) is 32.3 Å². The van der Waals surface area contributed by atoms with Gasteiger partial charge in [0.05, 0.1) is 21.8 Å². The topological polar surface area (TPSA) is 67.6 Å². The number of nitrogens with two attached hydrogens (primary N) is 1. The zero-order valence-corrected chi connectivity index (χ0v) is 14.8. The number of hydrogen-bond acceptors (Lipinski definition) is 3. The molecule has 0 saturated carbocycles. The molecule has 1 unspecified atom stereocenters. The monoisotopic (exact) mass is 359 g/mol. The van der Waals surface area contributed by atoms with Crippen LogP contribution in [0.3, 0.4) is 0 Å². The first-order chi connectivity index (χ1) is 11.0. The van der Waals surface area contributed by atoms with Gasteiger partial charge in [0.2, 0.25) is 0 Å². The fourth-order valence-electron chi connectivity index (χ4n) is 2.58. The molecule has 2 rings (SSSR count). The smallest absolute Gasteiger partial charge is 0.321 e. The summed E-state index contributed by atoms with van der Waals surface area (Å²) < 4.78 is 5.80. The summed E-state index contributed by atoms with van der Waals surface area (Å²) >= 11 is 12.0. The Labute approximate surface area is 147 Å². The Morgan fingerprint density at radius 1 is 1.35 bits per heavy atom. The van der Waals surface area contributed by atoms with Crippen LogP contribution in [0.1, 0.15) is 32.6 Å². The maximum absolute atomic E-state index is 12.4. The van der Waals surface area contributed by atoms with Gasteiger partial charge in [-0.25, -0.2) is 4.79 Å². The molecule has 5 nitrogen and oxygen atoms in total. The first-order valence-corrected chi connectivity index (χ1v) is 8.69. The molecule has 7 heteroatoms. The van der Waals surface area contributed by atoms with Crippen LogP contribution < -0.4 is 11.1 Å². The van der Waals surface area contributed by atoms with Gasteiger partial charge in [-0.15, -0.1) is 0 Å². The second kappa shape index (κ2) is 8.62. The average molecular weight is 360 g/mol. The van der Waals surface area contributed by atoms with Crippen LogP contribution in [0, 0.1) is 0 Å². The number of carbonyl (C=O) groups is 1. The van der Waals surface area contributed by atoms with Gasteiger partial charge in [0, 0.05) is 25.4 Å². The zero-order valence-electron chi connectivity index (χ0n) is 13.3. The number of anilines is 2. The molecule has 23 heavy (non-hydrogen) atoms. The summed E-state index contributed by atoms with van der Waals surface area (Å²) in [6.07, 6.45) is 4.04. The lowest BCUT2D eigenvalue weighted by molar-refractivity contribution is 0.0446. The average Bonchev–Trinajstić information content (AvgIpc) is 2.76. The Morgan fingerprint density at radius 2 is 2.04 bits per heavy atom. The highest BCUT2D eigenvalue weighted by molar-refractivity contribution is 6.39. The molecule has 128 valence electrons. The molecule has 1 atom stereocenters. The molecule has 0 aromatic heterocycles. The van der Waals surface area contributed by atoms with E-state index in [1.165, 1.54) is 0 Å². The predicted molar refractivity (Wildman–Crippen MR) is 95.3 cm³/mol. The van der Waals surface area contributed by atoms with Crippen LogP contribution in [0.4, 0.5) is 16.2 Å². The van der Waals surface area contributed by atoms with Crippen molar-refractivity contribution in [3.63, 3.8) is 0 Å². The van der Waals surface area contributed by atoms with Gasteiger partial charge in [-0.1, -0.05) is 30.1 Å². The zero-order chi connectivity index (χ0) is 16.8. The second-order valence-electron chi connectivity index (χ2n) is 5.69. The van der Waals surface area contributed by atoms with Crippen LogP contribution in [-0.4, -0.2) is 36.7 Å². The summed E-state index contributed by atoms with van der Waals surface area (Å²) in [5.74, 6) is 0. The van der Waals surface area contributed by atoms with Crippen molar-refractivity contribution < 1.29 is 9.53 Å². The largest absolute Gasteiger partial charge is 0.396 e. The molecule has 1 fully saturated rings. The van der Waals surface area contributed by atoms with Crippen LogP contribution in [-0.2, 0) is 4.74 Å². The van der Waals surface area contributed by atoms with Gasteiger partial charge >= 0.3 is 6.03 Å². The van der Waals surface area contributed by atoms with Crippen LogP contribution in [0.15, 0.2) is 12.1 Å². The molecule has 0 aliphatic carbocycles. The summed E-state index contributed by atoms with van der Waals surface area (Å²) in [6, 6.07) is 3.05. The number of carbonyl (C=O) groups excluding carboxylic acids is 1. The lowest BCUT2D eigenvalue weighted by atomic mass is 10.2. The molecule has 1 aromatic carbocycles. The minimum atomic E-state index is -0.155. The summed E-state index contributed by atoms with van der Waals surface area (Å²) in [4.78, 5) is 14.2. The molecule has 1 heterocycles. The maximum atomic E-state index is 12.4. The quantitative estimate of drug-likeness (QED) is 0.783. The van der Waals surface area contributed by atoms with Gasteiger partial charge in [0.25, 0.3) is 0 Å². The minimum Gasteiger partial charge on any atom is -0.396 e. The first-order valence-electron chi connectivity index (χ1n) is 7.93. The number of urea groups is 1. The molecule has 1 aliphatic heterocycles. The summed E-state index contributed by atoms with van der Waals surface area (Å²) in [6.45, 7) is 4.27. The Bertz CT molecular complexity index is 531. The standard InChI is InChI=1S/C16H23Cl2N3O2/c1-2-8-23-12-4-3-6-21(7-5-12)16(22)20-11-9-13(17)15(19)14(18)10-11/h9-10,12H,2-8,19H2,1H3,(H,20,22). The molecule has 0 radical (unpaired) electrons. The Morgan fingerprint density at radius 3 is 2.70 bits per heavy atom. The van der Waals surface area contributed by atoms with Gasteiger partial charge in [-0.3, -0.25) is 0 Å². The van der Waals surface area contributed by atoms with Gasteiger partial charge in [-0.2, -0.15) is 0 Å². The lowest BCUT2D eigenvalue weighted by Crippen LogP contribution is -2.36. The molecule has 1 aliphatic rings. The summed E-state index contributed by atoms with van der Waals surface area (Å²) in [5.41, 5.74) is 6.56. The van der Waals surface area contributed by atoms with Gasteiger partial charge in [-0.05, 0) is 37.8 Å². The number of likely N-dealkylation sites (tertiary alicyclic amines) is 1. The number of rotatable bonds is 4. The molecular formula is C16H23Cl2N3O2. The highest BCUT2D eigenvalue weighted by Crippen LogP contribution is 2.31. The van der Waals surface area contributed by atoms with E-state index in [9.17, 15) is 4.79 Å². The van der Waals surface area contributed by atoms with E-state index in [1.807, 2.05) is 0 Å². The van der Waals surface area contributed by atoms with Gasteiger partial charge in [0.1, 0.15) is 0 Å². The van der Waals surface area contributed by atoms with E-state index in [-0.39, 0.29) is 12.1 Å². The third kappa shape index (κ3) is 5.16. The maximum Gasteiger partial charge on any atom is 0.321 e. The van der Waals surface area contributed by atoms with Crippen LogP contribution in [0.2, 0.25) is 10.0 Å². The minimum absolute atomic E-state index is 0.155. The van der Waals surface area contributed by atoms with E-state index >= 15 is 0 Å². The van der Waals surface area contributed by atoms with Crippen molar-refractivity contribution >= 4 is 40.6 Å². The fraction of sp³-hybridized carbons (Fsp3) is 0.562. The Hall–Kier alpha value is -1.17. The number of benzene rings is 1. The van der Waals surface area contributed by atoms with E-state index in [2.05, 4.69) is 12.2 Å². The normalized spacial score (nSPS) is 18.6. The number of ether oxygens (including phenoxy) is 1. The van der Waals surface area contributed by atoms with Crippen molar-refractivity contribution in [1.29, 1.82) is 0 Å². The first kappa shape index (κ1) is 18.2. The number of nitrogens with zero attached hydrogens (tertiary/aromatic N) is 1. The molecule has 0 bridgehead atoms. The van der Waals surface area contributed by atoms with Gasteiger partial charge < -0.3 is 20.7 Å². The van der Waals surface area contributed by atoms with Crippen molar-refractivity contribution in [3.8, 4) is 0 Å². The van der Waals surface area contributed by atoms with Crippen molar-refractivity contribution in [2.75, 3.05) is 30.7 Å². The molecule has 1 saturated heterocycles. The molecule has 0 spiro atoms. The van der Waals surface area contributed by atoms with E-state index < -0.39 is 0 Å². The number of hydrogen-bond donors (Lipinski definition) is 2. The highest BCUT2D eigenvalue weighted by atomic mass is 35.5. The van der Waals surface area contributed by atoms with Crippen molar-refractivity contribution in [1.82, 2.24) is 4.90 Å². The van der Waals surface area contributed by atoms with Crippen molar-refractivity contribution in [3.05, 3.63) is 22.2 Å². The van der Waals surface area contributed by atoms with Crippen molar-refractivity contribution in [2.45, 2.75) is 38.7 Å². The molecule has 3 N–H and O–H groups in total. The number of nitrogens with one attached hydrogen (secondary N) is 1. The third-order valence-electron chi connectivity index (χ3n) is 3.85. The van der Waals surface area contributed by atoms with E-state index in [4.69, 9.17) is 33.7 Å². The summed E-state index contributed by atoms with van der Waals surface area (Å²) in [7, 11) is 0. The Balaban J connectivity index is 1.93. The van der Waals surface area contributed by atoms with Crippen LogP contribution >= 0.6 is 23.2 Å². The Kier molecular flexibility index (Phi) is 6.81. The van der Waals surface area contributed by atoms with Crippen LogP contribution in [0.5, 0.6) is 0 Å². The van der Waals surface area contributed by atoms with Crippen molar-refractivity contribution in [2.24, 2.45) is 0 Å². The fourth-order valence-corrected chi connectivity index (χ4v) is 3.07. The number of halogens is 2. The number of nitrogen functional groups attached to an aromatic ring is 1.